The molecule has 0 aliphatic carbocycles. The molecular weight excluding hydrogens is 218 g/mol. The van der Waals surface area contributed by atoms with Crippen molar-refractivity contribution in [2.45, 2.75) is 13.8 Å². The number of ether oxygens (including phenoxy) is 1. The Morgan fingerprint density at radius 1 is 1.71 bits per heavy atom. The highest BCUT2D eigenvalue weighted by Crippen LogP contribution is 2.13. The molecule has 1 aromatic rings. The van der Waals surface area contributed by atoms with Gasteiger partial charge in [0.2, 0.25) is 0 Å². The van der Waals surface area contributed by atoms with Gasteiger partial charge in [-0.25, -0.2) is 9.80 Å². The van der Waals surface area contributed by atoms with Crippen LogP contribution in [-0.4, -0.2) is 24.3 Å². The van der Waals surface area contributed by atoms with Crippen molar-refractivity contribution in [3.63, 3.8) is 0 Å². The van der Waals surface area contributed by atoms with Gasteiger partial charge in [-0.1, -0.05) is 0 Å². The molecule has 0 fully saturated rings. The SMILES string of the molecule is C=NN(/C=C(\C)C(=O)OCC)c1cccnc1. The van der Waals surface area contributed by atoms with Crippen molar-refractivity contribution in [2.75, 3.05) is 11.6 Å². The predicted molar refractivity (Wildman–Crippen MR) is 66.7 cm³/mol. The van der Waals surface area contributed by atoms with E-state index >= 15 is 0 Å². The second kappa shape index (κ2) is 6.42. The Labute approximate surface area is 100 Å². The number of nitrogens with zero attached hydrogens (tertiary/aromatic N) is 3. The molecule has 90 valence electrons. The summed E-state index contributed by atoms with van der Waals surface area (Å²) < 4.78 is 4.87. The highest BCUT2D eigenvalue weighted by Gasteiger charge is 2.08. The highest BCUT2D eigenvalue weighted by molar-refractivity contribution is 5.88. The Morgan fingerprint density at radius 2 is 2.47 bits per heavy atom. The van der Waals surface area contributed by atoms with Crippen LogP contribution in [0.1, 0.15) is 13.8 Å². The van der Waals surface area contributed by atoms with Gasteiger partial charge in [-0.05, 0) is 26.0 Å². The van der Waals surface area contributed by atoms with Crippen LogP contribution in [0, 0.1) is 0 Å². The van der Waals surface area contributed by atoms with Gasteiger partial charge in [-0.2, -0.15) is 5.10 Å². The lowest BCUT2D eigenvalue weighted by Crippen LogP contribution is -2.12. The third-order valence-electron chi connectivity index (χ3n) is 1.98. The number of hydrogen-bond donors (Lipinski definition) is 0. The van der Waals surface area contributed by atoms with Crippen LogP contribution >= 0.6 is 0 Å². The van der Waals surface area contributed by atoms with E-state index in [-0.39, 0.29) is 5.97 Å². The number of carbonyl (C=O) groups is 1. The monoisotopic (exact) mass is 233 g/mol. The molecule has 17 heavy (non-hydrogen) atoms. The van der Waals surface area contributed by atoms with Crippen LogP contribution in [-0.2, 0) is 9.53 Å². The maximum absolute atomic E-state index is 11.4. The quantitative estimate of drug-likeness (QED) is 0.338. The van der Waals surface area contributed by atoms with E-state index in [0.717, 1.165) is 5.69 Å². The second-order valence-electron chi connectivity index (χ2n) is 3.23. The molecule has 0 saturated heterocycles. The van der Waals surface area contributed by atoms with E-state index in [9.17, 15) is 4.79 Å². The first-order chi connectivity index (χ1) is 8.19. The summed E-state index contributed by atoms with van der Waals surface area (Å²) in [6.45, 7) is 7.21. The lowest BCUT2D eigenvalue weighted by molar-refractivity contribution is -0.138. The fraction of sp³-hybridized carbons (Fsp3) is 0.250. The minimum atomic E-state index is -0.370. The lowest BCUT2D eigenvalue weighted by atomic mass is 10.3. The van der Waals surface area contributed by atoms with Crippen molar-refractivity contribution in [1.82, 2.24) is 4.98 Å². The fourth-order valence-corrected chi connectivity index (χ4v) is 1.17. The first-order valence-corrected chi connectivity index (χ1v) is 5.20. The smallest absolute Gasteiger partial charge is 0.335 e. The zero-order chi connectivity index (χ0) is 12.7. The van der Waals surface area contributed by atoms with E-state index in [4.69, 9.17) is 4.74 Å². The van der Waals surface area contributed by atoms with E-state index < -0.39 is 0 Å². The van der Waals surface area contributed by atoms with Crippen LogP contribution < -0.4 is 5.01 Å². The molecule has 0 bridgehead atoms. The first-order valence-electron chi connectivity index (χ1n) is 5.20. The Bertz CT molecular complexity index is 415. The van der Waals surface area contributed by atoms with Crippen molar-refractivity contribution in [1.29, 1.82) is 0 Å². The maximum Gasteiger partial charge on any atom is 0.335 e. The average molecular weight is 233 g/mol. The number of pyridine rings is 1. The van der Waals surface area contributed by atoms with Gasteiger partial charge in [-0.15, -0.1) is 0 Å². The summed E-state index contributed by atoms with van der Waals surface area (Å²) in [6, 6.07) is 3.59. The number of hydrazone groups is 1. The zero-order valence-electron chi connectivity index (χ0n) is 9.96. The van der Waals surface area contributed by atoms with Crippen LogP contribution in [0.2, 0.25) is 0 Å². The standard InChI is InChI=1S/C12H15N3O2/c1-4-17-12(16)10(2)9-15(13-3)11-6-5-7-14-8-11/h5-9H,3-4H2,1-2H3/b10-9+. The summed E-state index contributed by atoms with van der Waals surface area (Å²) in [5, 5.41) is 5.27. The van der Waals surface area contributed by atoms with E-state index in [1.807, 2.05) is 6.07 Å². The summed E-state index contributed by atoms with van der Waals surface area (Å²) in [6.07, 6.45) is 4.85. The molecule has 0 atom stereocenters. The molecule has 1 aromatic heterocycles. The van der Waals surface area contributed by atoms with E-state index in [1.165, 1.54) is 5.01 Å². The van der Waals surface area contributed by atoms with Gasteiger partial charge in [-0.3, -0.25) is 4.98 Å². The van der Waals surface area contributed by atoms with Crippen LogP contribution in [0.5, 0.6) is 0 Å². The van der Waals surface area contributed by atoms with Crippen LogP contribution in [0.3, 0.4) is 0 Å². The van der Waals surface area contributed by atoms with Crippen molar-refractivity contribution in [3.8, 4) is 0 Å². The Kier molecular flexibility index (Phi) is 4.87. The molecule has 0 spiro atoms. The summed E-state index contributed by atoms with van der Waals surface area (Å²) in [5.74, 6) is -0.370. The third kappa shape index (κ3) is 3.71. The van der Waals surface area contributed by atoms with Crippen molar-refractivity contribution in [2.24, 2.45) is 5.10 Å². The molecule has 5 heteroatoms. The zero-order valence-corrected chi connectivity index (χ0v) is 9.96. The van der Waals surface area contributed by atoms with Crippen molar-refractivity contribution in [3.05, 3.63) is 36.3 Å². The van der Waals surface area contributed by atoms with Gasteiger partial charge in [0.15, 0.2) is 0 Å². The first kappa shape index (κ1) is 12.9. The van der Waals surface area contributed by atoms with Gasteiger partial charge < -0.3 is 4.74 Å². The number of hydrogen-bond acceptors (Lipinski definition) is 5. The van der Waals surface area contributed by atoms with E-state index in [1.54, 1.807) is 38.5 Å². The summed E-state index contributed by atoms with van der Waals surface area (Å²) in [5.41, 5.74) is 1.18. The van der Waals surface area contributed by atoms with Gasteiger partial charge >= 0.3 is 5.97 Å². The summed E-state index contributed by atoms with van der Waals surface area (Å²) in [7, 11) is 0. The van der Waals surface area contributed by atoms with Gasteiger partial charge in [0, 0.05) is 19.1 Å². The number of esters is 1. The normalized spacial score (nSPS) is 10.8. The highest BCUT2D eigenvalue weighted by atomic mass is 16.5. The number of rotatable bonds is 5. The van der Waals surface area contributed by atoms with E-state index in [0.29, 0.717) is 12.2 Å². The molecule has 1 heterocycles. The second-order valence-corrected chi connectivity index (χ2v) is 3.23. The molecule has 1 rings (SSSR count). The number of anilines is 1. The average Bonchev–Trinajstić information content (AvgIpc) is 2.37. The largest absolute Gasteiger partial charge is 0.463 e. The van der Waals surface area contributed by atoms with Crippen molar-refractivity contribution < 1.29 is 9.53 Å². The molecule has 0 radical (unpaired) electrons. The van der Waals surface area contributed by atoms with Gasteiger partial charge in [0.25, 0.3) is 0 Å². The number of aromatic nitrogens is 1. The molecule has 5 nitrogen and oxygen atoms in total. The molecule has 0 unspecified atom stereocenters. The topological polar surface area (TPSA) is 54.8 Å². The lowest BCUT2D eigenvalue weighted by Gasteiger charge is -2.13. The molecule has 0 aromatic carbocycles. The van der Waals surface area contributed by atoms with Gasteiger partial charge in [0.05, 0.1) is 24.1 Å². The van der Waals surface area contributed by atoms with Crippen molar-refractivity contribution >= 4 is 18.4 Å². The van der Waals surface area contributed by atoms with Crippen LogP contribution in [0.25, 0.3) is 0 Å². The Balaban J connectivity index is 2.86. The summed E-state index contributed by atoms with van der Waals surface area (Å²) in [4.78, 5) is 15.4. The van der Waals surface area contributed by atoms with Crippen LogP contribution in [0.4, 0.5) is 5.69 Å². The minimum absolute atomic E-state index is 0.346. The molecule has 0 aliphatic rings. The third-order valence-corrected chi connectivity index (χ3v) is 1.98. The summed E-state index contributed by atoms with van der Waals surface area (Å²) >= 11 is 0. The Morgan fingerprint density at radius 3 is 3.00 bits per heavy atom. The fourth-order valence-electron chi connectivity index (χ4n) is 1.17. The Hall–Kier alpha value is -2.17. The molecule has 0 aliphatic heterocycles. The van der Waals surface area contributed by atoms with Gasteiger partial charge in [0.1, 0.15) is 0 Å². The predicted octanol–water partition coefficient (Wildman–Crippen LogP) is 1.97. The van der Waals surface area contributed by atoms with E-state index in [2.05, 4.69) is 16.8 Å². The molecule has 0 saturated carbocycles. The molecular formula is C12H15N3O2. The minimum Gasteiger partial charge on any atom is -0.463 e. The molecule has 0 N–H and O–H groups in total. The van der Waals surface area contributed by atoms with Crippen LogP contribution in [0.15, 0.2) is 41.4 Å². The molecule has 0 amide bonds. The number of carbonyl (C=O) groups excluding carboxylic acids is 1. The maximum atomic E-state index is 11.4.